The molecule has 118 valence electrons. The van der Waals surface area contributed by atoms with Gasteiger partial charge in [-0.2, -0.15) is 5.26 Å². The SMILES string of the molecule is CC(C)Oc1ccc(/C=N\OCc2ccccc2C#N)cc1Cl. The van der Waals surface area contributed by atoms with Crippen molar-refractivity contribution in [1.29, 1.82) is 5.26 Å². The Morgan fingerprint density at radius 1 is 1.26 bits per heavy atom. The molecular formula is C18H17ClN2O2. The number of oxime groups is 1. The molecule has 0 N–H and O–H groups in total. The molecule has 0 aliphatic rings. The molecule has 0 heterocycles. The van der Waals surface area contributed by atoms with Crippen molar-refractivity contribution in [3.8, 4) is 11.8 Å². The van der Waals surface area contributed by atoms with Crippen LogP contribution in [0.5, 0.6) is 5.75 Å². The molecule has 0 saturated carbocycles. The van der Waals surface area contributed by atoms with Gasteiger partial charge in [-0.3, -0.25) is 0 Å². The molecule has 5 heteroatoms. The first-order valence-electron chi connectivity index (χ1n) is 7.19. The molecule has 0 aromatic heterocycles. The summed E-state index contributed by atoms with van der Waals surface area (Å²) in [6.45, 7) is 4.12. The number of nitriles is 1. The van der Waals surface area contributed by atoms with Crippen molar-refractivity contribution >= 4 is 17.8 Å². The van der Waals surface area contributed by atoms with E-state index in [0.29, 0.717) is 16.3 Å². The molecule has 2 rings (SSSR count). The van der Waals surface area contributed by atoms with Crippen LogP contribution in [0, 0.1) is 11.3 Å². The van der Waals surface area contributed by atoms with Gasteiger partial charge in [-0.25, -0.2) is 0 Å². The molecule has 2 aromatic rings. The summed E-state index contributed by atoms with van der Waals surface area (Å²) in [5.74, 6) is 0.641. The van der Waals surface area contributed by atoms with Gasteiger partial charge in [0.05, 0.1) is 29.0 Å². The van der Waals surface area contributed by atoms with Crippen LogP contribution in [-0.4, -0.2) is 12.3 Å². The van der Waals surface area contributed by atoms with Crippen molar-refractivity contribution in [2.45, 2.75) is 26.6 Å². The molecule has 4 nitrogen and oxygen atoms in total. The maximum atomic E-state index is 9.00. The lowest BCUT2D eigenvalue weighted by molar-refractivity contribution is 0.132. The van der Waals surface area contributed by atoms with Gasteiger partial charge in [0, 0.05) is 5.56 Å². The molecule has 0 spiro atoms. The van der Waals surface area contributed by atoms with Crippen LogP contribution in [0.1, 0.15) is 30.5 Å². The molecule has 0 amide bonds. The van der Waals surface area contributed by atoms with Crippen LogP contribution in [0.25, 0.3) is 0 Å². The van der Waals surface area contributed by atoms with Crippen molar-refractivity contribution in [1.82, 2.24) is 0 Å². The molecule has 0 radical (unpaired) electrons. The Bertz CT molecular complexity index is 736. The lowest BCUT2D eigenvalue weighted by Crippen LogP contribution is -2.05. The third kappa shape index (κ3) is 5.01. The van der Waals surface area contributed by atoms with Gasteiger partial charge >= 0.3 is 0 Å². The number of ether oxygens (including phenoxy) is 1. The van der Waals surface area contributed by atoms with Crippen LogP contribution in [0.15, 0.2) is 47.6 Å². The highest BCUT2D eigenvalue weighted by Gasteiger charge is 2.04. The van der Waals surface area contributed by atoms with Crippen LogP contribution in [0.3, 0.4) is 0 Å². The lowest BCUT2D eigenvalue weighted by Gasteiger charge is -2.11. The second kappa shape index (κ2) is 8.21. The van der Waals surface area contributed by atoms with Gasteiger partial charge < -0.3 is 9.57 Å². The molecule has 0 fully saturated rings. The van der Waals surface area contributed by atoms with E-state index in [1.54, 1.807) is 24.4 Å². The molecular weight excluding hydrogens is 312 g/mol. The van der Waals surface area contributed by atoms with Gasteiger partial charge in [-0.1, -0.05) is 35.0 Å². The summed E-state index contributed by atoms with van der Waals surface area (Å²) in [7, 11) is 0. The van der Waals surface area contributed by atoms with Crippen molar-refractivity contribution in [2.75, 3.05) is 0 Å². The Labute approximate surface area is 140 Å². The fraction of sp³-hybridized carbons (Fsp3) is 0.222. The maximum absolute atomic E-state index is 9.00. The fourth-order valence-corrected chi connectivity index (χ4v) is 2.14. The highest BCUT2D eigenvalue weighted by Crippen LogP contribution is 2.25. The Hall–Kier alpha value is -2.51. The summed E-state index contributed by atoms with van der Waals surface area (Å²) in [5.41, 5.74) is 2.19. The molecule has 0 aliphatic carbocycles. The van der Waals surface area contributed by atoms with Gasteiger partial charge in [-0.15, -0.1) is 0 Å². The quantitative estimate of drug-likeness (QED) is 0.577. The first-order valence-corrected chi connectivity index (χ1v) is 7.57. The van der Waals surface area contributed by atoms with E-state index >= 15 is 0 Å². The van der Waals surface area contributed by atoms with E-state index < -0.39 is 0 Å². The zero-order valence-corrected chi connectivity index (χ0v) is 13.7. The predicted molar refractivity (Wildman–Crippen MR) is 90.8 cm³/mol. The van der Waals surface area contributed by atoms with Crippen molar-refractivity contribution in [2.24, 2.45) is 5.16 Å². The molecule has 2 aromatic carbocycles. The highest BCUT2D eigenvalue weighted by molar-refractivity contribution is 6.32. The largest absolute Gasteiger partial charge is 0.489 e. The van der Waals surface area contributed by atoms with Crippen LogP contribution in [0.4, 0.5) is 0 Å². The lowest BCUT2D eigenvalue weighted by atomic mass is 10.1. The average molecular weight is 329 g/mol. The van der Waals surface area contributed by atoms with Gasteiger partial charge in [-0.05, 0) is 43.7 Å². The number of rotatable bonds is 6. The molecule has 0 saturated heterocycles. The second-order valence-corrected chi connectivity index (χ2v) is 5.54. The summed E-state index contributed by atoms with van der Waals surface area (Å²) >= 11 is 6.16. The second-order valence-electron chi connectivity index (χ2n) is 5.13. The topological polar surface area (TPSA) is 54.6 Å². The summed E-state index contributed by atoms with van der Waals surface area (Å²) in [6.07, 6.45) is 1.63. The van der Waals surface area contributed by atoms with Crippen LogP contribution < -0.4 is 4.74 Å². The van der Waals surface area contributed by atoms with E-state index in [1.165, 1.54) is 0 Å². The zero-order valence-electron chi connectivity index (χ0n) is 13.0. The van der Waals surface area contributed by atoms with E-state index in [4.69, 9.17) is 26.4 Å². The number of benzene rings is 2. The van der Waals surface area contributed by atoms with Gasteiger partial charge in [0.15, 0.2) is 0 Å². The van der Waals surface area contributed by atoms with Gasteiger partial charge in [0.1, 0.15) is 12.4 Å². The monoisotopic (exact) mass is 328 g/mol. The van der Waals surface area contributed by atoms with Crippen LogP contribution in [0.2, 0.25) is 5.02 Å². The van der Waals surface area contributed by atoms with E-state index in [1.807, 2.05) is 38.1 Å². The molecule has 0 aliphatic heterocycles. The minimum atomic E-state index is 0.0653. The first kappa shape index (κ1) is 16.9. The predicted octanol–water partition coefficient (Wildman–Crippen LogP) is 4.55. The summed E-state index contributed by atoms with van der Waals surface area (Å²) in [4.78, 5) is 5.24. The standard InChI is InChI=1S/C18H17ClN2O2/c1-13(2)23-18-8-7-14(9-17(18)19)11-21-22-12-16-6-4-3-5-15(16)10-20/h3-9,11,13H,12H2,1-2H3/b21-11-. The molecule has 0 unspecified atom stereocenters. The minimum absolute atomic E-state index is 0.0653. The molecule has 0 bridgehead atoms. The van der Waals surface area contributed by atoms with Crippen molar-refractivity contribution in [3.63, 3.8) is 0 Å². The molecule has 0 atom stereocenters. The Kier molecular flexibility index (Phi) is 6.02. The van der Waals surface area contributed by atoms with Crippen LogP contribution >= 0.6 is 11.6 Å². The van der Waals surface area contributed by atoms with Crippen molar-refractivity contribution < 1.29 is 9.57 Å². The smallest absolute Gasteiger partial charge is 0.143 e. The van der Waals surface area contributed by atoms with E-state index in [9.17, 15) is 0 Å². The van der Waals surface area contributed by atoms with Gasteiger partial charge in [0.25, 0.3) is 0 Å². The van der Waals surface area contributed by atoms with Crippen molar-refractivity contribution in [3.05, 3.63) is 64.2 Å². The summed E-state index contributed by atoms with van der Waals surface area (Å²) < 4.78 is 5.57. The van der Waals surface area contributed by atoms with Crippen LogP contribution in [-0.2, 0) is 11.4 Å². The zero-order chi connectivity index (χ0) is 16.7. The Balaban J connectivity index is 1.96. The molecule has 23 heavy (non-hydrogen) atoms. The third-order valence-corrected chi connectivity index (χ3v) is 3.25. The summed E-state index contributed by atoms with van der Waals surface area (Å²) in [5, 5.41) is 13.4. The number of halogens is 1. The average Bonchev–Trinajstić information content (AvgIpc) is 2.54. The van der Waals surface area contributed by atoms with E-state index in [0.717, 1.165) is 11.1 Å². The third-order valence-electron chi connectivity index (χ3n) is 2.95. The maximum Gasteiger partial charge on any atom is 0.143 e. The number of hydrogen-bond acceptors (Lipinski definition) is 4. The Morgan fingerprint density at radius 2 is 2.04 bits per heavy atom. The summed E-state index contributed by atoms with van der Waals surface area (Å²) in [6, 6.07) is 14.8. The van der Waals surface area contributed by atoms with E-state index in [2.05, 4.69) is 11.2 Å². The van der Waals surface area contributed by atoms with E-state index in [-0.39, 0.29) is 12.7 Å². The first-order chi connectivity index (χ1) is 11.1. The minimum Gasteiger partial charge on any atom is -0.489 e. The normalized spacial score (nSPS) is 10.7. The fourth-order valence-electron chi connectivity index (χ4n) is 1.91. The Morgan fingerprint density at radius 3 is 2.74 bits per heavy atom. The number of nitrogens with zero attached hydrogens (tertiary/aromatic N) is 2. The van der Waals surface area contributed by atoms with Gasteiger partial charge in [0.2, 0.25) is 0 Å². The number of hydrogen-bond donors (Lipinski definition) is 0. The highest BCUT2D eigenvalue weighted by atomic mass is 35.5.